The topological polar surface area (TPSA) is 53.1 Å². The maximum absolute atomic E-state index is 6.42. The minimum atomic E-state index is -0.0903. The average molecular weight is 275 g/mol. The van der Waals surface area contributed by atoms with E-state index in [9.17, 15) is 0 Å². The van der Waals surface area contributed by atoms with Crippen LogP contribution < -0.4 is 10.5 Å². The third-order valence-corrected chi connectivity index (χ3v) is 3.64. The van der Waals surface area contributed by atoms with Gasteiger partial charge in [-0.15, -0.1) is 0 Å². The maximum atomic E-state index is 6.42. The number of hydrogen-bond donors (Lipinski definition) is 1. The number of fused-ring (bicyclic) bond motifs is 1. The fourth-order valence-electron chi connectivity index (χ4n) is 2.34. The van der Waals surface area contributed by atoms with Crippen LogP contribution in [-0.2, 0) is 6.54 Å². The number of aryl methyl sites for hydroxylation is 1. The van der Waals surface area contributed by atoms with Gasteiger partial charge in [0.05, 0.1) is 24.2 Å². The van der Waals surface area contributed by atoms with Gasteiger partial charge in [0.15, 0.2) is 0 Å². The second-order valence-electron chi connectivity index (χ2n) is 6.32. The first-order valence-electron chi connectivity index (χ1n) is 7.18. The highest BCUT2D eigenvalue weighted by Crippen LogP contribution is 2.32. The van der Waals surface area contributed by atoms with Crippen LogP contribution in [0.1, 0.15) is 46.0 Å². The van der Waals surface area contributed by atoms with E-state index in [0.717, 1.165) is 35.6 Å². The molecule has 0 aliphatic heterocycles. The zero-order valence-corrected chi connectivity index (χ0v) is 13.1. The van der Waals surface area contributed by atoms with E-state index in [0.29, 0.717) is 0 Å². The van der Waals surface area contributed by atoms with E-state index < -0.39 is 0 Å². The van der Waals surface area contributed by atoms with E-state index >= 15 is 0 Å². The lowest BCUT2D eigenvalue weighted by molar-refractivity contribution is 0.308. The predicted molar refractivity (Wildman–Crippen MR) is 83.0 cm³/mol. The monoisotopic (exact) mass is 275 g/mol. The van der Waals surface area contributed by atoms with Crippen molar-refractivity contribution in [3.8, 4) is 5.75 Å². The summed E-state index contributed by atoms with van der Waals surface area (Å²) in [5.74, 6) is 1.79. The molecule has 0 saturated heterocycles. The van der Waals surface area contributed by atoms with E-state index in [1.54, 1.807) is 7.11 Å². The number of imidazole rings is 1. The lowest BCUT2D eigenvalue weighted by Gasteiger charge is -2.27. The van der Waals surface area contributed by atoms with Crippen molar-refractivity contribution < 1.29 is 4.74 Å². The van der Waals surface area contributed by atoms with E-state index in [1.807, 2.05) is 12.1 Å². The van der Waals surface area contributed by atoms with Crippen molar-refractivity contribution in [2.45, 2.75) is 46.7 Å². The molecule has 0 saturated carbocycles. The van der Waals surface area contributed by atoms with Gasteiger partial charge in [-0.2, -0.15) is 0 Å². The summed E-state index contributed by atoms with van der Waals surface area (Å²) in [7, 11) is 1.67. The SMILES string of the molecule is CCCn1c(C(N)C(C)(C)C)nc2cc(OC)ccc21. The van der Waals surface area contributed by atoms with Crippen molar-refractivity contribution in [1.82, 2.24) is 9.55 Å². The van der Waals surface area contributed by atoms with Gasteiger partial charge in [0, 0.05) is 12.6 Å². The second-order valence-corrected chi connectivity index (χ2v) is 6.32. The average Bonchev–Trinajstić information content (AvgIpc) is 2.75. The van der Waals surface area contributed by atoms with E-state index in [1.165, 1.54) is 0 Å². The van der Waals surface area contributed by atoms with Gasteiger partial charge in [0.1, 0.15) is 11.6 Å². The van der Waals surface area contributed by atoms with Gasteiger partial charge < -0.3 is 15.0 Å². The van der Waals surface area contributed by atoms with Crippen LogP contribution in [0.15, 0.2) is 18.2 Å². The Balaban J connectivity index is 2.60. The molecular formula is C16H25N3O. The standard InChI is InChI=1S/C16H25N3O/c1-6-9-19-13-8-7-11(20-5)10-12(13)18-15(19)14(17)16(2,3)4/h7-8,10,14H,6,9,17H2,1-5H3. The third kappa shape index (κ3) is 2.66. The van der Waals surface area contributed by atoms with Crippen LogP contribution >= 0.6 is 0 Å². The van der Waals surface area contributed by atoms with Crippen molar-refractivity contribution in [3.63, 3.8) is 0 Å². The van der Waals surface area contributed by atoms with E-state index in [-0.39, 0.29) is 11.5 Å². The first kappa shape index (κ1) is 14.9. The molecule has 1 heterocycles. The highest BCUT2D eigenvalue weighted by molar-refractivity contribution is 5.78. The molecule has 4 heteroatoms. The van der Waals surface area contributed by atoms with Crippen molar-refractivity contribution in [3.05, 3.63) is 24.0 Å². The molecule has 1 unspecified atom stereocenters. The Labute approximate surface area is 120 Å². The van der Waals surface area contributed by atoms with Crippen molar-refractivity contribution in [2.24, 2.45) is 11.1 Å². The molecule has 2 rings (SSSR count). The highest BCUT2D eigenvalue weighted by atomic mass is 16.5. The smallest absolute Gasteiger partial charge is 0.127 e. The summed E-state index contributed by atoms with van der Waals surface area (Å²) in [5.41, 5.74) is 8.48. The molecule has 0 fully saturated rings. The number of aromatic nitrogens is 2. The third-order valence-electron chi connectivity index (χ3n) is 3.64. The maximum Gasteiger partial charge on any atom is 0.127 e. The quantitative estimate of drug-likeness (QED) is 0.929. The van der Waals surface area contributed by atoms with Gasteiger partial charge in [-0.1, -0.05) is 27.7 Å². The normalized spacial score (nSPS) is 13.7. The molecule has 0 aliphatic rings. The van der Waals surface area contributed by atoms with Crippen LogP contribution in [0.5, 0.6) is 5.75 Å². The van der Waals surface area contributed by atoms with Gasteiger partial charge in [-0.25, -0.2) is 4.98 Å². The number of hydrogen-bond acceptors (Lipinski definition) is 3. The molecule has 0 aliphatic carbocycles. The van der Waals surface area contributed by atoms with E-state index in [4.69, 9.17) is 15.5 Å². The van der Waals surface area contributed by atoms with Crippen LogP contribution in [0.3, 0.4) is 0 Å². The van der Waals surface area contributed by atoms with Crippen LogP contribution in [0.2, 0.25) is 0 Å². The van der Waals surface area contributed by atoms with Crippen LogP contribution in [0, 0.1) is 5.41 Å². The Hall–Kier alpha value is -1.55. The Morgan fingerprint density at radius 2 is 2.05 bits per heavy atom. The molecule has 0 radical (unpaired) electrons. The molecule has 0 amide bonds. The number of nitrogens with zero attached hydrogens (tertiary/aromatic N) is 2. The van der Waals surface area contributed by atoms with Gasteiger partial charge in [-0.3, -0.25) is 0 Å². The number of rotatable bonds is 4. The molecule has 0 bridgehead atoms. The first-order chi connectivity index (χ1) is 9.38. The molecule has 20 heavy (non-hydrogen) atoms. The van der Waals surface area contributed by atoms with Gasteiger partial charge >= 0.3 is 0 Å². The molecule has 1 aromatic carbocycles. The first-order valence-corrected chi connectivity index (χ1v) is 7.18. The summed E-state index contributed by atoms with van der Waals surface area (Å²) in [6, 6.07) is 5.92. The van der Waals surface area contributed by atoms with E-state index in [2.05, 4.69) is 38.3 Å². The molecular weight excluding hydrogens is 250 g/mol. The lowest BCUT2D eigenvalue weighted by Crippen LogP contribution is -2.29. The fourth-order valence-corrected chi connectivity index (χ4v) is 2.34. The Bertz CT molecular complexity index is 596. The summed E-state index contributed by atoms with van der Waals surface area (Å²) >= 11 is 0. The Morgan fingerprint density at radius 1 is 1.35 bits per heavy atom. The molecule has 2 aromatic rings. The van der Waals surface area contributed by atoms with Gasteiger partial charge in [0.25, 0.3) is 0 Å². The van der Waals surface area contributed by atoms with Crippen LogP contribution in [-0.4, -0.2) is 16.7 Å². The number of ether oxygens (including phenoxy) is 1. The summed E-state index contributed by atoms with van der Waals surface area (Å²) < 4.78 is 7.52. The van der Waals surface area contributed by atoms with Crippen molar-refractivity contribution in [1.29, 1.82) is 0 Å². The molecule has 0 spiro atoms. The Kier molecular flexibility index (Phi) is 4.04. The van der Waals surface area contributed by atoms with Crippen LogP contribution in [0.25, 0.3) is 11.0 Å². The van der Waals surface area contributed by atoms with Crippen molar-refractivity contribution >= 4 is 11.0 Å². The minimum absolute atomic E-state index is 0.0169. The summed E-state index contributed by atoms with van der Waals surface area (Å²) in [6.45, 7) is 9.54. The summed E-state index contributed by atoms with van der Waals surface area (Å²) in [5, 5.41) is 0. The largest absolute Gasteiger partial charge is 0.497 e. The number of benzene rings is 1. The Morgan fingerprint density at radius 3 is 2.60 bits per heavy atom. The molecule has 110 valence electrons. The molecule has 1 atom stereocenters. The molecule has 2 N–H and O–H groups in total. The number of methoxy groups -OCH3 is 1. The minimum Gasteiger partial charge on any atom is -0.497 e. The zero-order valence-electron chi connectivity index (χ0n) is 13.1. The van der Waals surface area contributed by atoms with Gasteiger partial charge in [0.2, 0.25) is 0 Å². The second kappa shape index (κ2) is 5.44. The molecule has 1 aromatic heterocycles. The zero-order chi connectivity index (χ0) is 14.9. The van der Waals surface area contributed by atoms with Crippen molar-refractivity contribution in [2.75, 3.05) is 7.11 Å². The van der Waals surface area contributed by atoms with Gasteiger partial charge in [-0.05, 0) is 24.0 Å². The lowest BCUT2D eigenvalue weighted by atomic mass is 9.87. The molecule has 4 nitrogen and oxygen atoms in total. The van der Waals surface area contributed by atoms with Crippen LogP contribution in [0.4, 0.5) is 0 Å². The fraction of sp³-hybridized carbons (Fsp3) is 0.562. The highest BCUT2D eigenvalue weighted by Gasteiger charge is 2.27. The summed E-state index contributed by atoms with van der Waals surface area (Å²) in [6.07, 6.45) is 1.06. The number of nitrogens with two attached hydrogens (primary N) is 1. The summed E-state index contributed by atoms with van der Waals surface area (Å²) in [4.78, 5) is 4.76. The predicted octanol–water partition coefficient (Wildman–Crippen LogP) is 3.50.